The minimum Gasteiger partial charge on any atom is -0.379 e. The summed E-state index contributed by atoms with van der Waals surface area (Å²) in [6.07, 6.45) is 1.64. The average Bonchev–Trinajstić information content (AvgIpc) is 3.19. The number of rotatable bonds is 5. The molecule has 0 saturated carbocycles. The lowest BCUT2D eigenvalue weighted by molar-refractivity contribution is 0.0493. The lowest BCUT2D eigenvalue weighted by atomic mass is 10.1. The Morgan fingerprint density at radius 2 is 1.76 bits per heavy atom. The fourth-order valence-electron chi connectivity index (χ4n) is 3.72. The summed E-state index contributed by atoms with van der Waals surface area (Å²) in [5.41, 5.74) is 4.70. The van der Waals surface area contributed by atoms with E-state index >= 15 is 0 Å². The van der Waals surface area contributed by atoms with Crippen LogP contribution in [0.4, 0.5) is 10.3 Å². The summed E-state index contributed by atoms with van der Waals surface area (Å²) in [5.74, 6) is -0.391. The van der Waals surface area contributed by atoms with Crippen molar-refractivity contribution in [3.8, 4) is 5.69 Å². The molecule has 0 bridgehead atoms. The van der Waals surface area contributed by atoms with E-state index in [2.05, 4.69) is 15.4 Å². The smallest absolute Gasteiger partial charge is 0.239 e. The van der Waals surface area contributed by atoms with Gasteiger partial charge < -0.3 is 4.74 Å². The second-order valence-electron chi connectivity index (χ2n) is 7.45. The van der Waals surface area contributed by atoms with Gasteiger partial charge in [-0.25, -0.2) is 14.4 Å². The Morgan fingerprint density at radius 3 is 2.45 bits per heavy atom. The molecule has 0 amide bonds. The SMILES string of the molecule is O=C(c1c(Cl)cccc1Cl)c1cc2cnc(NN3CCOCC3)nc2n1-c1ccc(F)cc1. The number of hydrazine groups is 1. The van der Waals surface area contributed by atoms with E-state index in [0.29, 0.717) is 49.0 Å². The van der Waals surface area contributed by atoms with Gasteiger partial charge in [0.2, 0.25) is 11.7 Å². The normalized spacial score (nSPS) is 14.5. The van der Waals surface area contributed by atoms with Crippen molar-refractivity contribution in [3.63, 3.8) is 0 Å². The minimum atomic E-state index is -0.387. The highest BCUT2D eigenvalue weighted by atomic mass is 35.5. The van der Waals surface area contributed by atoms with E-state index in [0.717, 1.165) is 0 Å². The Kier molecular flexibility index (Phi) is 5.99. The molecule has 1 saturated heterocycles. The van der Waals surface area contributed by atoms with Gasteiger partial charge in [-0.3, -0.25) is 14.8 Å². The maximum atomic E-state index is 13.6. The number of fused-ring (bicyclic) bond motifs is 1. The topological polar surface area (TPSA) is 72.3 Å². The molecule has 1 N–H and O–H groups in total. The number of benzene rings is 2. The standard InChI is InChI=1S/C23H18Cl2FN5O2/c24-17-2-1-3-18(25)20(17)21(32)19-12-14-13-27-23(29-30-8-10-33-11-9-30)28-22(14)31(19)16-6-4-15(26)5-7-16/h1-7,12-13H,8-11H2,(H,27,28,29). The maximum Gasteiger partial charge on any atom is 0.239 e. The molecule has 7 nitrogen and oxygen atoms in total. The fourth-order valence-corrected chi connectivity index (χ4v) is 4.29. The summed E-state index contributed by atoms with van der Waals surface area (Å²) in [5, 5.41) is 3.08. The number of morpholine rings is 1. The van der Waals surface area contributed by atoms with Crippen LogP contribution in [0.2, 0.25) is 10.0 Å². The second kappa shape index (κ2) is 9.07. The molecule has 0 radical (unpaired) electrons. The largest absolute Gasteiger partial charge is 0.379 e. The van der Waals surface area contributed by atoms with Crippen LogP contribution in [0.25, 0.3) is 16.7 Å². The Morgan fingerprint density at radius 1 is 1.06 bits per heavy atom. The summed E-state index contributed by atoms with van der Waals surface area (Å²) in [6.45, 7) is 2.60. The van der Waals surface area contributed by atoms with E-state index in [1.165, 1.54) is 12.1 Å². The van der Waals surface area contributed by atoms with Crippen LogP contribution >= 0.6 is 23.2 Å². The summed E-state index contributed by atoms with van der Waals surface area (Å²) in [4.78, 5) is 22.6. The zero-order chi connectivity index (χ0) is 22.9. The molecule has 2 aromatic heterocycles. The number of nitrogens with one attached hydrogen (secondary N) is 1. The van der Waals surface area contributed by atoms with E-state index < -0.39 is 0 Å². The van der Waals surface area contributed by atoms with E-state index in [-0.39, 0.29) is 32.9 Å². The molecule has 0 spiro atoms. The lowest BCUT2D eigenvalue weighted by Crippen LogP contribution is -2.40. The second-order valence-corrected chi connectivity index (χ2v) is 8.27. The van der Waals surface area contributed by atoms with Crippen LogP contribution in [0.5, 0.6) is 0 Å². The first-order valence-electron chi connectivity index (χ1n) is 10.2. The highest BCUT2D eigenvalue weighted by Crippen LogP contribution is 2.31. The summed E-state index contributed by atoms with van der Waals surface area (Å²) in [6, 6.07) is 12.4. The van der Waals surface area contributed by atoms with Crippen molar-refractivity contribution in [3.05, 3.63) is 81.8 Å². The molecule has 0 atom stereocenters. The monoisotopic (exact) mass is 485 g/mol. The van der Waals surface area contributed by atoms with Crippen LogP contribution in [0.3, 0.4) is 0 Å². The van der Waals surface area contributed by atoms with Crippen LogP contribution < -0.4 is 5.43 Å². The number of aromatic nitrogens is 3. The number of hydrogen-bond donors (Lipinski definition) is 1. The number of carbonyl (C=O) groups is 1. The molecule has 10 heteroatoms. The van der Waals surface area contributed by atoms with Crippen LogP contribution in [0.1, 0.15) is 16.1 Å². The Balaban J connectivity index is 1.65. The Hall–Kier alpha value is -3.04. The third kappa shape index (κ3) is 4.30. The minimum absolute atomic E-state index is 0.187. The zero-order valence-corrected chi connectivity index (χ0v) is 18.8. The number of ketones is 1. The predicted molar refractivity (Wildman–Crippen MR) is 125 cm³/mol. The molecule has 3 heterocycles. The number of carbonyl (C=O) groups excluding carboxylic acids is 1. The van der Waals surface area contributed by atoms with Crippen molar-refractivity contribution in [2.45, 2.75) is 0 Å². The van der Waals surface area contributed by atoms with Crippen molar-refractivity contribution in [1.29, 1.82) is 0 Å². The summed E-state index contributed by atoms with van der Waals surface area (Å²) >= 11 is 12.6. The van der Waals surface area contributed by atoms with Crippen LogP contribution in [-0.4, -0.2) is 51.6 Å². The molecular weight excluding hydrogens is 468 g/mol. The van der Waals surface area contributed by atoms with E-state index in [1.807, 2.05) is 5.01 Å². The molecule has 5 rings (SSSR count). The van der Waals surface area contributed by atoms with E-state index in [1.54, 1.807) is 47.2 Å². The van der Waals surface area contributed by atoms with Crippen LogP contribution in [0.15, 0.2) is 54.7 Å². The first kappa shape index (κ1) is 21.8. The maximum absolute atomic E-state index is 13.6. The molecular formula is C23H18Cl2FN5O2. The van der Waals surface area contributed by atoms with Gasteiger partial charge in [-0.1, -0.05) is 29.3 Å². The third-order valence-electron chi connectivity index (χ3n) is 5.32. The molecule has 1 aliphatic heterocycles. The van der Waals surface area contributed by atoms with Gasteiger partial charge >= 0.3 is 0 Å². The highest BCUT2D eigenvalue weighted by molar-refractivity contribution is 6.41. The van der Waals surface area contributed by atoms with E-state index in [9.17, 15) is 9.18 Å². The van der Waals surface area contributed by atoms with Crippen molar-refractivity contribution in [2.24, 2.45) is 0 Å². The van der Waals surface area contributed by atoms with Crippen molar-refractivity contribution < 1.29 is 13.9 Å². The Labute approximate surface area is 198 Å². The number of anilines is 1. The summed E-state index contributed by atoms with van der Waals surface area (Å²) < 4.78 is 20.7. The molecule has 33 heavy (non-hydrogen) atoms. The summed E-state index contributed by atoms with van der Waals surface area (Å²) in [7, 11) is 0. The molecule has 1 fully saturated rings. The number of hydrogen-bond acceptors (Lipinski definition) is 6. The van der Waals surface area contributed by atoms with Gasteiger partial charge in [0, 0.05) is 30.4 Å². The van der Waals surface area contributed by atoms with Gasteiger partial charge in [-0.15, -0.1) is 0 Å². The number of halogens is 3. The van der Waals surface area contributed by atoms with Crippen LogP contribution in [0, 0.1) is 5.82 Å². The third-order valence-corrected chi connectivity index (χ3v) is 5.95. The molecule has 2 aromatic carbocycles. The fraction of sp³-hybridized carbons (Fsp3) is 0.174. The van der Waals surface area contributed by atoms with Gasteiger partial charge in [0.05, 0.1) is 34.5 Å². The van der Waals surface area contributed by atoms with Crippen molar-refractivity contribution in [2.75, 3.05) is 31.7 Å². The van der Waals surface area contributed by atoms with E-state index in [4.69, 9.17) is 27.9 Å². The van der Waals surface area contributed by atoms with Gasteiger partial charge in [0.15, 0.2) is 5.65 Å². The van der Waals surface area contributed by atoms with Crippen molar-refractivity contribution in [1.82, 2.24) is 19.5 Å². The number of nitrogens with zero attached hydrogens (tertiary/aromatic N) is 4. The first-order valence-corrected chi connectivity index (χ1v) is 11.0. The van der Waals surface area contributed by atoms with Gasteiger partial charge in [0.25, 0.3) is 0 Å². The predicted octanol–water partition coefficient (Wildman–Crippen LogP) is 4.76. The molecule has 168 valence electrons. The lowest BCUT2D eigenvalue weighted by Gasteiger charge is -2.26. The quantitative estimate of drug-likeness (QED) is 0.411. The molecule has 0 aliphatic carbocycles. The van der Waals surface area contributed by atoms with Gasteiger partial charge in [0.1, 0.15) is 5.82 Å². The average molecular weight is 486 g/mol. The molecule has 1 aliphatic rings. The zero-order valence-electron chi connectivity index (χ0n) is 17.3. The highest BCUT2D eigenvalue weighted by Gasteiger charge is 2.24. The first-order chi connectivity index (χ1) is 16.0. The van der Waals surface area contributed by atoms with Crippen LogP contribution in [-0.2, 0) is 4.74 Å². The van der Waals surface area contributed by atoms with Gasteiger partial charge in [-0.05, 0) is 42.5 Å². The number of ether oxygens (including phenoxy) is 1. The van der Waals surface area contributed by atoms with Gasteiger partial charge in [-0.2, -0.15) is 4.98 Å². The molecule has 4 aromatic rings. The van der Waals surface area contributed by atoms with Crippen molar-refractivity contribution >= 4 is 46.0 Å². The molecule has 0 unspecified atom stereocenters. The Bertz CT molecular complexity index is 1320.